The molecule has 0 saturated carbocycles. The van der Waals surface area contributed by atoms with Crippen molar-refractivity contribution >= 4 is 5.69 Å². The van der Waals surface area contributed by atoms with Gasteiger partial charge in [-0.2, -0.15) is 5.26 Å². The lowest BCUT2D eigenvalue weighted by Gasteiger charge is -2.30. The minimum atomic E-state index is -0.295. The summed E-state index contributed by atoms with van der Waals surface area (Å²) in [4.78, 5) is 0. The molecule has 1 aromatic carbocycles. The fraction of sp³-hybridized carbons (Fsp3) is 0.417. The lowest BCUT2D eigenvalue weighted by Crippen LogP contribution is -2.50. The van der Waals surface area contributed by atoms with Gasteiger partial charge in [-0.25, -0.2) is 0 Å². The molecule has 0 bridgehead atoms. The van der Waals surface area contributed by atoms with Crippen LogP contribution in [0.2, 0.25) is 0 Å². The quantitative estimate of drug-likeness (QED) is 0.738. The van der Waals surface area contributed by atoms with Crippen molar-refractivity contribution in [2.45, 2.75) is 32.5 Å². The van der Waals surface area contributed by atoms with E-state index < -0.39 is 0 Å². The molecule has 1 atom stereocenters. The molecule has 0 radical (unpaired) electrons. The van der Waals surface area contributed by atoms with E-state index in [0.717, 1.165) is 5.69 Å². The van der Waals surface area contributed by atoms with Crippen LogP contribution >= 0.6 is 0 Å². The van der Waals surface area contributed by atoms with Crippen LogP contribution in [0.15, 0.2) is 30.3 Å². The van der Waals surface area contributed by atoms with Gasteiger partial charge in [-0.1, -0.05) is 18.2 Å². The van der Waals surface area contributed by atoms with Crippen LogP contribution in [0.5, 0.6) is 0 Å². The number of para-hydroxylation sites is 1. The Labute approximate surface area is 91.1 Å². The van der Waals surface area contributed by atoms with Crippen molar-refractivity contribution in [1.29, 1.82) is 5.26 Å². The molecule has 3 heteroatoms. The molecule has 0 saturated heterocycles. The molecule has 0 fully saturated rings. The van der Waals surface area contributed by atoms with Gasteiger partial charge in [-0.05, 0) is 32.9 Å². The highest BCUT2D eigenvalue weighted by molar-refractivity contribution is 5.44. The van der Waals surface area contributed by atoms with Crippen molar-refractivity contribution in [2.24, 2.45) is 0 Å². The van der Waals surface area contributed by atoms with E-state index >= 15 is 0 Å². The Morgan fingerprint density at radius 3 is 2.40 bits per heavy atom. The summed E-state index contributed by atoms with van der Waals surface area (Å²) < 4.78 is 0. The Balaban J connectivity index is 2.61. The van der Waals surface area contributed by atoms with E-state index in [1.807, 2.05) is 51.1 Å². The lowest BCUT2D eigenvalue weighted by molar-refractivity contribution is 0.420. The molecule has 15 heavy (non-hydrogen) atoms. The van der Waals surface area contributed by atoms with Crippen LogP contribution in [0.25, 0.3) is 0 Å². The number of benzene rings is 1. The highest BCUT2D eigenvalue weighted by atomic mass is 15.2. The maximum absolute atomic E-state index is 8.72. The van der Waals surface area contributed by atoms with Crippen LogP contribution in [0.4, 0.5) is 5.69 Å². The molecule has 0 spiro atoms. The Hall–Kier alpha value is -1.53. The first-order chi connectivity index (χ1) is 7.03. The van der Waals surface area contributed by atoms with Crippen LogP contribution in [-0.4, -0.2) is 11.7 Å². The zero-order chi connectivity index (χ0) is 11.3. The minimum Gasteiger partial charge on any atom is -0.368 e. The van der Waals surface area contributed by atoms with E-state index in [1.54, 1.807) is 0 Å². The maximum atomic E-state index is 8.72. The molecule has 2 N–H and O–H groups in total. The second-order valence-corrected chi connectivity index (χ2v) is 4.11. The standard InChI is InChI=1S/C12H17N3/c1-10(9-13)14-12(2,3)15-11-7-5-4-6-8-11/h4-8,10,14-15H,1-3H3. The van der Waals surface area contributed by atoms with E-state index in [9.17, 15) is 0 Å². The van der Waals surface area contributed by atoms with Gasteiger partial charge < -0.3 is 5.32 Å². The molecule has 0 aliphatic carbocycles. The van der Waals surface area contributed by atoms with Crippen LogP contribution in [0.3, 0.4) is 0 Å². The fourth-order valence-electron chi connectivity index (χ4n) is 1.49. The van der Waals surface area contributed by atoms with Crippen LogP contribution in [0.1, 0.15) is 20.8 Å². The van der Waals surface area contributed by atoms with Crippen molar-refractivity contribution in [3.05, 3.63) is 30.3 Å². The summed E-state index contributed by atoms with van der Waals surface area (Å²) >= 11 is 0. The number of hydrogen-bond acceptors (Lipinski definition) is 3. The van der Waals surface area contributed by atoms with Gasteiger partial charge in [0.2, 0.25) is 0 Å². The number of rotatable bonds is 4. The first-order valence-electron chi connectivity index (χ1n) is 5.04. The van der Waals surface area contributed by atoms with Crippen LogP contribution in [0, 0.1) is 11.3 Å². The van der Waals surface area contributed by atoms with Crippen molar-refractivity contribution in [2.75, 3.05) is 5.32 Å². The van der Waals surface area contributed by atoms with Gasteiger partial charge in [0.15, 0.2) is 0 Å². The number of anilines is 1. The highest BCUT2D eigenvalue weighted by Crippen LogP contribution is 2.12. The van der Waals surface area contributed by atoms with Gasteiger partial charge in [0, 0.05) is 5.69 Å². The number of nitrogens with zero attached hydrogens (tertiary/aromatic N) is 1. The largest absolute Gasteiger partial charge is 0.368 e. The second-order valence-electron chi connectivity index (χ2n) is 4.11. The Morgan fingerprint density at radius 2 is 1.87 bits per heavy atom. The average molecular weight is 203 g/mol. The molecule has 0 aliphatic heterocycles. The zero-order valence-electron chi connectivity index (χ0n) is 9.41. The van der Waals surface area contributed by atoms with E-state index in [1.165, 1.54) is 0 Å². The zero-order valence-corrected chi connectivity index (χ0v) is 9.41. The number of nitrogens with one attached hydrogen (secondary N) is 2. The number of hydrogen-bond donors (Lipinski definition) is 2. The maximum Gasteiger partial charge on any atom is 0.0941 e. The normalized spacial score (nSPS) is 12.9. The molecule has 80 valence electrons. The summed E-state index contributed by atoms with van der Waals surface area (Å²) in [5.74, 6) is 0. The minimum absolute atomic E-state index is 0.170. The van der Waals surface area contributed by atoms with E-state index in [4.69, 9.17) is 5.26 Å². The predicted molar refractivity (Wildman–Crippen MR) is 62.4 cm³/mol. The molecule has 0 heterocycles. The summed E-state index contributed by atoms with van der Waals surface area (Å²) in [6.45, 7) is 5.86. The molecular formula is C12H17N3. The van der Waals surface area contributed by atoms with Gasteiger partial charge in [0.05, 0.1) is 17.8 Å². The molecule has 0 aliphatic rings. The molecule has 1 unspecified atom stereocenters. The molecular weight excluding hydrogens is 186 g/mol. The molecule has 1 rings (SSSR count). The molecule has 0 aromatic heterocycles. The van der Waals surface area contributed by atoms with E-state index in [0.29, 0.717) is 0 Å². The average Bonchev–Trinajstić information content (AvgIpc) is 2.17. The number of nitriles is 1. The van der Waals surface area contributed by atoms with Gasteiger partial charge in [0.25, 0.3) is 0 Å². The van der Waals surface area contributed by atoms with Crippen molar-refractivity contribution < 1.29 is 0 Å². The monoisotopic (exact) mass is 203 g/mol. The van der Waals surface area contributed by atoms with Crippen molar-refractivity contribution in [3.63, 3.8) is 0 Å². The van der Waals surface area contributed by atoms with E-state index in [2.05, 4.69) is 16.7 Å². The summed E-state index contributed by atoms with van der Waals surface area (Å²) in [6, 6.07) is 11.9. The summed E-state index contributed by atoms with van der Waals surface area (Å²) in [5, 5.41) is 15.2. The summed E-state index contributed by atoms with van der Waals surface area (Å²) in [6.07, 6.45) is 0. The van der Waals surface area contributed by atoms with E-state index in [-0.39, 0.29) is 11.7 Å². The first-order valence-corrected chi connectivity index (χ1v) is 5.04. The van der Waals surface area contributed by atoms with Crippen LogP contribution in [-0.2, 0) is 0 Å². The Bertz CT molecular complexity index is 338. The van der Waals surface area contributed by atoms with Crippen LogP contribution < -0.4 is 10.6 Å². The topological polar surface area (TPSA) is 47.9 Å². The smallest absolute Gasteiger partial charge is 0.0941 e. The highest BCUT2D eigenvalue weighted by Gasteiger charge is 2.18. The third kappa shape index (κ3) is 4.01. The SMILES string of the molecule is CC(C#N)NC(C)(C)Nc1ccccc1. The predicted octanol–water partition coefficient (Wildman–Crippen LogP) is 2.34. The Kier molecular flexibility index (Phi) is 3.70. The first kappa shape index (κ1) is 11.5. The van der Waals surface area contributed by atoms with Gasteiger partial charge in [0.1, 0.15) is 0 Å². The van der Waals surface area contributed by atoms with Gasteiger partial charge >= 0.3 is 0 Å². The lowest BCUT2D eigenvalue weighted by atomic mass is 10.2. The van der Waals surface area contributed by atoms with Crippen molar-refractivity contribution in [3.8, 4) is 6.07 Å². The van der Waals surface area contributed by atoms with Crippen molar-refractivity contribution in [1.82, 2.24) is 5.32 Å². The van der Waals surface area contributed by atoms with Gasteiger partial charge in [-0.3, -0.25) is 5.32 Å². The molecule has 0 amide bonds. The Morgan fingerprint density at radius 1 is 1.27 bits per heavy atom. The molecule has 3 nitrogen and oxygen atoms in total. The second kappa shape index (κ2) is 4.81. The summed E-state index contributed by atoms with van der Waals surface area (Å²) in [5.41, 5.74) is 0.747. The summed E-state index contributed by atoms with van der Waals surface area (Å²) in [7, 11) is 0. The third-order valence-electron chi connectivity index (χ3n) is 2.00. The fourth-order valence-corrected chi connectivity index (χ4v) is 1.49. The molecule has 1 aromatic rings. The van der Waals surface area contributed by atoms with Gasteiger partial charge in [-0.15, -0.1) is 0 Å². The third-order valence-corrected chi connectivity index (χ3v) is 2.00.